The molecular weight excluding hydrogens is 736 g/mol. The molecule has 0 saturated carbocycles. The number of ether oxygens (including phenoxy) is 5. The number of hydrogen-bond donors (Lipinski definition) is 7. The number of rotatable bonds is 6. The molecule has 2 aliphatic heterocycles. The number of carbonyl (C=O) groups is 2. The Labute approximate surface area is 323 Å². The van der Waals surface area contributed by atoms with Gasteiger partial charge >= 0.3 is 0 Å². The predicted octanol–water partition coefficient (Wildman–Crippen LogP) is 1.65. The highest BCUT2D eigenvalue weighted by molar-refractivity contribution is 6.33. The van der Waals surface area contributed by atoms with Gasteiger partial charge in [-0.15, -0.1) is 0 Å². The number of carbonyl (C=O) groups excluding carboxylic acids is 2. The van der Waals surface area contributed by atoms with Gasteiger partial charge in [-0.2, -0.15) is 0 Å². The zero-order valence-electron chi connectivity index (χ0n) is 30.8. The molecule has 0 radical (unpaired) electrons. The van der Waals surface area contributed by atoms with Gasteiger partial charge in [-0.05, 0) is 44.4 Å². The quantitative estimate of drug-likeness (QED) is 0.209. The molecule has 0 aromatic heterocycles. The predicted molar refractivity (Wildman–Crippen MR) is 197 cm³/mol. The molecule has 2 aromatic carbocycles. The maximum atomic E-state index is 13.4. The Morgan fingerprint density at radius 1 is 1.07 bits per heavy atom. The summed E-state index contributed by atoms with van der Waals surface area (Å²) in [4.78, 5) is 26.2. The molecule has 1 saturated heterocycles. The van der Waals surface area contributed by atoms with Crippen LogP contribution in [0.3, 0.4) is 0 Å². The molecule has 0 spiro atoms. The van der Waals surface area contributed by atoms with Crippen molar-refractivity contribution in [2.24, 2.45) is 0 Å². The van der Waals surface area contributed by atoms with Gasteiger partial charge in [0.05, 0.1) is 49.0 Å². The summed E-state index contributed by atoms with van der Waals surface area (Å²) in [6.07, 6.45) is -5.84. The lowest BCUT2D eigenvalue weighted by Crippen LogP contribution is -2.69. The number of methoxy groups -OCH3 is 2. The highest BCUT2D eigenvalue weighted by Gasteiger charge is 2.59. The number of aryl methyl sites for hydroxylation is 2. The van der Waals surface area contributed by atoms with Crippen molar-refractivity contribution < 1.29 is 58.8 Å². The number of amides is 2. The fourth-order valence-electron chi connectivity index (χ4n) is 6.97. The van der Waals surface area contributed by atoms with Crippen LogP contribution in [-0.2, 0) is 19.0 Å². The molecule has 2 heterocycles. The second kappa shape index (κ2) is 15.9. The van der Waals surface area contributed by atoms with E-state index in [-0.39, 0.29) is 65.0 Å². The van der Waals surface area contributed by atoms with Crippen LogP contribution in [0.25, 0.3) is 0 Å². The molecule has 6 rings (SSSR count). The molecule has 1 unspecified atom stereocenters. The fourth-order valence-corrected chi connectivity index (χ4v) is 7.30. The molecule has 1 fully saturated rings. The molecule has 4 aliphatic rings. The lowest BCUT2D eigenvalue weighted by atomic mass is 9.84. The second-order valence-electron chi connectivity index (χ2n) is 13.9. The van der Waals surface area contributed by atoms with E-state index in [1.54, 1.807) is 38.1 Å². The lowest BCUT2D eigenvalue weighted by Gasteiger charge is -2.48. The molecule has 4 bridgehead atoms. The molecule has 2 aliphatic carbocycles. The maximum Gasteiger partial charge on any atom is 0.255 e. The van der Waals surface area contributed by atoms with Crippen molar-refractivity contribution in [1.29, 1.82) is 0 Å². The Morgan fingerprint density at radius 3 is 2.55 bits per heavy atom. The average Bonchev–Trinajstić information content (AvgIpc) is 3.47. The first-order valence-electron chi connectivity index (χ1n) is 17.6. The molecular formula is C40H43ClN2O12. The van der Waals surface area contributed by atoms with Gasteiger partial charge in [-0.3, -0.25) is 9.59 Å². The van der Waals surface area contributed by atoms with E-state index in [1.807, 2.05) is 0 Å². The number of aliphatic hydroxyl groups is 4. The van der Waals surface area contributed by atoms with Crippen LogP contribution in [0.15, 0.2) is 47.6 Å². The van der Waals surface area contributed by atoms with E-state index < -0.39 is 65.9 Å². The van der Waals surface area contributed by atoms with Crippen LogP contribution in [0.2, 0.25) is 5.02 Å². The van der Waals surface area contributed by atoms with Gasteiger partial charge in [0.25, 0.3) is 5.91 Å². The van der Waals surface area contributed by atoms with Crippen LogP contribution in [0.4, 0.5) is 0 Å². The minimum atomic E-state index is -2.09. The molecule has 7 N–H and O–H groups in total. The molecule has 15 heteroatoms. The maximum absolute atomic E-state index is 13.4. The van der Waals surface area contributed by atoms with Gasteiger partial charge in [-0.25, -0.2) is 0 Å². The van der Waals surface area contributed by atoms with Crippen molar-refractivity contribution in [2.45, 2.75) is 87.7 Å². The van der Waals surface area contributed by atoms with E-state index in [0.717, 1.165) is 0 Å². The van der Waals surface area contributed by atoms with Gasteiger partial charge in [0.15, 0.2) is 35.6 Å². The van der Waals surface area contributed by atoms with Gasteiger partial charge < -0.3 is 59.9 Å². The van der Waals surface area contributed by atoms with E-state index in [9.17, 15) is 35.1 Å². The van der Waals surface area contributed by atoms with Gasteiger partial charge in [-0.1, -0.05) is 65.6 Å². The molecule has 2 amide bonds. The van der Waals surface area contributed by atoms with E-state index in [1.165, 1.54) is 33.3 Å². The number of nitrogens with one attached hydrogen (secondary N) is 2. The fraction of sp³-hybridized carbons (Fsp3) is 0.450. The zero-order chi connectivity index (χ0) is 39.8. The zero-order valence-corrected chi connectivity index (χ0v) is 31.6. The van der Waals surface area contributed by atoms with Crippen LogP contribution in [0.5, 0.6) is 17.2 Å². The summed E-state index contributed by atoms with van der Waals surface area (Å²) in [6.45, 7) is 4.24. The van der Waals surface area contributed by atoms with Crippen LogP contribution in [0.1, 0.15) is 52.9 Å². The van der Waals surface area contributed by atoms with Gasteiger partial charge in [0.2, 0.25) is 5.91 Å². The van der Waals surface area contributed by atoms with E-state index >= 15 is 0 Å². The van der Waals surface area contributed by atoms with Crippen molar-refractivity contribution >= 4 is 23.4 Å². The number of phenols is 1. The smallest absolute Gasteiger partial charge is 0.255 e. The number of hydrogen-bond acceptors (Lipinski definition) is 12. The third-order valence-corrected chi connectivity index (χ3v) is 10.8. The number of fused-ring (bicyclic) bond motifs is 7. The van der Waals surface area contributed by atoms with Gasteiger partial charge in [0, 0.05) is 30.4 Å². The summed E-state index contributed by atoms with van der Waals surface area (Å²) >= 11 is 6.87. The molecule has 14 nitrogen and oxygen atoms in total. The van der Waals surface area contributed by atoms with Crippen molar-refractivity contribution in [3.63, 3.8) is 0 Å². The Bertz CT molecular complexity index is 2060. The van der Waals surface area contributed by atoms with Crippen molar-refractivity contribution in [3.05, 3.63) is 74.8 Å². The first-order valence-corrected chi connectivity index (χ1v) is 17.9. The van der Waals surface area contributed by atoms with Crippen LogP contribution in [0, 0.1) is 37.5 Å². The number of benzene rings is 2. The number of halogens is 1. The first-order chi connectivity index (χ1) is 26.1. The highest BCUT2D eigenvalue weighted by Crippen LogP contribution is 2.46. The standard InChI is InChI=1S/C40H43ClN2O12/c1-20-6-7-21(2)34(47)32(20)37(49)43-28-19-53-38(36(48)39(28,3)50)55-40-23(10-14-29(40)45)9-8-22-16-17-42-31(46)18-25(44)24-11-12-27(52-5)35(33(24)41)54-30(40)15-13-26(22)51-4/h6-7,10-12,16,25-26,28-30,36,38,44-45,47-48,50H,14,17-19H2,1-5H3,(H,42,46)(H,43,49)/b22-16-/t25-,26+,28+,29?,30-,36-,38-,39+,40+/m0/s1. The van der Waals surface area contributed by atoms with Crippen LogP contribution in [-0.4, -0.2) is 113 Å². The lowest BCUT2D eigenvalue weighted by molar-refractivity contribution is -0.316. The van der Waals surface area contributed by atoms with Crippen LogP contribution >= 0.6 is 11.6 Å². The molecule has 292 valence electrons. The topological polar surface area (TPSA) is 205 Å². The van der Waals surface area contributed by atoms with Crippen molar-refractivity contribution in [2.75, 3.05) is 27.4 Å². The average molecular weight is 779 g/mol. The summed E-state index contributed by atoms with van der Waals surface area (Å²) in [5, 5.41) is 62.4. The summed E-state index contributed by atoms with van der Waals surface area (Å²) < 4.78 is 30.4. The summed E-state index contributed by atoms with van der Waals surface area (Å²) in [5.74, 6) is 10.7. The third-order valence-electron chi connectivity index (χ3n) is 10.4. The Hall–Kier alpha value is -4.61. The number of phenolic OH excluding ortho intramolecular Hbond substituents is 1. The Balaban J connectivity index is 1.43. The van der Waals surface area contributed by atoms with E-state index in [2.05, 4.69) is 34.3 Å². The summed E-state index contributed by atoms with van der Waals surface area (Å²) in [7, 11) is 2.79. The molecule has 55 heavy (non-hydrogen) atoms. The minimum absolute atomic E-state index is 0.00475. The van der Waals surface area contributed by atoms with Crippen LogP contribution < -0.4 is 20.1 Å². The molecule has 2 aromatic rings. The van der Waals surface area contributed by atoms with Crippen molar-refractivity contribution in [3.8, 4) is 40.9 Å². The monoisotopic (exact) mass is 778 g/mol. The van der Waals surface area contributed by atoms with Gasteiger partial charge in [0.1, 0.15) is 17.5 Å². The van der Waals surface area contributed by atoms with E-state index in [4.69, 9.17) is 35.3 Å². The number of aromatic hydroxyl groups is 1. The Kier molecular flexibility index (Phi) is 11.6. The van der Waals surface area contributed by atoms with Crippen molar-refractivity contribution in [1.82, 2.24) is 10.6 Å². The minimum Gasteiger partial charge on any atom is -0.507 e. The number of aliphatic hydroxyl groups excluding tert-OH is 3. The second-order valence-corrected chi connectivity index (χ2v) is 14.3. The summed E-state index contributed by atoms with van der Waals surface area (Å²) in [5.41, 5.74) is -2.44. The SMILES string of the molecule is COc1ccc2c(Cl)c1O[C@H]1C#C[C@@H](OC)/C(=C\CNC(=O)C[C@@H]2O)C#CC2=CCC(O)[C@]21O[C@@H]1OC[C@@H](NC(=O)c2c(C)ccc(C)c2O)[C@@](C)(O)[C@H]1O. The van der Waals surface area contributed by atoms with E-state index in [0.29, 0.717) is 16.7 Å². The largest absolute Gasteiger partial charge is 0.507 e. The Morgan fingerprint density at radius 2 is 1.82 bits per heavy atom. The highest BCUT2D eigenvalue weighted by atomic mass is 35.5. The normalized spacial score (nSPS) is 32.5. The summed E-state index contributed by atoms with van der Waals surface area (Å²) in [6, 6.07) is 5.14. The third kappa shape index (κ3) is 7.40. The first kappa shape index (κ1) is 40.1. The molecule has 9 atom stereocenters.